The van der Waals surface area contributed by atoms with Crippen LogP contribution in [0, 0.1) is 11.3 Å². The average molecular weight is 454 g/mol. The van der Waals surface area contributed by atoms with Gasteiger partial charge in [0, 0.05) is 17.1 Å². The maximum atomic E-state index is 12.8. The maximum absolute atomic E-state index is 12.8. The molecule has 8 nitrogen and oxygen atoms in total. The van der Waals surface area contributed by atoms with Gasteiger partial charge in [-0.1, -0.05) is 0 Å². The van der Waals surface area contributed by atoms with Crippen LogP contribution in [0.2, 0.25) is 0 Å². The zero-order valence-electron chi connectivity index (χ0n) is 17.8. The number of nitriles is 1. The Hall–Kier alpha value is -3.51. The third-order valence-corrected chi connectivity index (χ3v) is 5.86. The van der Waals surface area contributed by atoms with Crippen LogP contribution in [0.1, 0.15) is 30.6 Å². The minimum atomic E-state index is -0.675. The van der Waals surface area contributed by atoms with Crippen molar-refractivity contribution in [2.75, 3.05) is 30.0 Å². The Bertz CT molecular complexity index is 1050. The highest BCUT2D eigenvalue weighted by atomic mass is 32.2. The minimum Gasteiger partial charge on any atom is -0.494 e. The first-order chi connectivity index (χ1) is 15.4. The zero-order chi connectivity index (χ0) is 23.1. The summed E-state index contributed by atoms with van der Waals surface area (Å²) in [6.07, 6.45) is 0.132. The second kappa shape index (κ2) is 10.7. The van der Waals surface area contributed by atoms with Crippen molar-refractivity contribution < 1.29 is 23.9 Å². The lowest BCUT2D eigenvalue weighted by Gasteiger charge is -2.22. The van der Waals surface area contributed by atoms with E-state index in [1.165, 1.54) is 16.7 Å². The molecule has 1 aliphatic heterocycles. The Balaban J connectivity index is 1.66. The number of fused-ring (bicyclic) bond motifs is 1. The van der Waals surface area contributed by atoms with Gasteiger partial charge >= 0.3 is 5.97 Å². The fourth-order valence-corrected chi connectivity index (χ4v) is 4.00. The summed E-state index contributed by atoms with van der Waals surface area (Å²) in [6.45, 7) is 3.89. The maximum Gasteiger partial charge on any atom is 0.338 e. The minimum absolute atomic E-state index is 0.132. The van der Waals surface area contributed by atoms with Gasteiger partial charge in [0.1, 0.15) is 5.75 Å². The summed E-state index contributed by atoms with van der Waals surface area (Å²) >= 11 is 1.41. The van der Waals surface area contributed by atoms with Crippen LogP contribution < -0.4 is 15.0 Å². The number of nitrogens with one attached hydrogen (secondary N) is 1. The molecule has 0 radical (unpaired) electrons. The SMILES string of the molecule is CCOc1ccc(N(CCC#N)C(=O)COC(=O)c2ccc3c(c2)NC(=O)C(C)S3)cc1. The summed E-state index contributed by atoms with van der Waals surface area (Å²) < 4.78 is 10.6. The summed E-state index contributed by atoms with van der Waals surface area (Å²) in [6, 6.07) is 13.8. The first kappa shape index (κ1) is 23.2. The highest BCUT2D eigenvalue weighted by Crippen LogP contribution is 2.36. The molecule has 0 fully saturated rings. The van der Waals surface area contributed by atoms with Crippen molar-refractivity contribution in [3.8, 4) is 11.8 Å². The smallest absolute Gasteiger partial charge is 0.338 e. The number of carbonyl (C=O) groups excluding carboxylic acids is 3. The molecule has 1 aliphatic rings. The number of hydrogen-bond donors (Lipinski definition) is 1. The molecule has 0 spiro atoms. The monoisotopic (exact) mass is 453 g/mol. The lowest BCUT2D eigenvalue weighted by Crippen LogP contribution is -2.35. The number of benzene rings is 2. The van der Waals surface area contributed by atoms with Gasteiger partial charge in [-0.2, -0.15) is 5.26 Å². The Labute approximate surface area is 190 Å². The molecule has 2 amide bonds. The normalized spacial score (nSPS) is 14.5. The van der Waals surface area contributed by atoms with Crippen molar-refractivity contribution >= 4 is 40.9 Å². The van der Waals surface area contributed by atoms with E-state index in [0.29, 0.717) is 23.7 Å². The van der Waals surface area contributed by atoms with Gasteiger partial charge in [-0.3, -0.25) is 9.59 Å². The van der Waals surface area contributed by atoms with Gasteiger partial charge in [0.2, 0.25) is 5.91 Å². The van der Waals surface area contributed by atoms with Crippen LogP contribution >= 0.6 is 11.8 Å². The number of ether oxygens (including phenoxy) is 2. The zero-order valence-corrected chi connectivity index (χ0v) is 18.6. The lowest BCUT2D eigenvalue weighted by molar-refractivity contribution is -0.121. The van der Waals surface area contributed by atoms with Gasteiger partial charge in [0.05, 0.1) is 35.6 Å². The lowest BCUT2D eigenvalue weighted by atomic mass is 10.2. The fourth-order valence-electron chi connectivity index (χ4n) is 3.07. The molecule has 2 aromatic carbocycles. The van der Waals surface area contributed by atoms with Gasteiger partial charge in [0.15, 0.2) is 6.61 Å². The van der Waals surface area contributed by atoms with Crippen LogP contribution in [-0.4, -0.2) is 42.8 Å². The van der Waals surface area contributed by atoms with Gasteiger partial charge in [-0.15, -0.1) is 11.8 Å². The molecule has 1 unspecified atom stereocenters. The number of amides is 2. The van der Waals surface area contributed by atoms with E-state index in [4.69, 9.17) is 14.7 Å². The topological polar surface area (TPSA) is 109 Å². The van der Waals surface area contributed by atoms with E-state index in [9.17, 15) is 14.4 Å². The molecule has 0 saturated heterocycles. The van der Waals surface area contributed by atoms with Gasteiger partial charge in [0.25, 0.3) is 5.91 Å². The molecule has 9 heteroatoms. The van der Waals surface area contributed by atoms with Gasteiger partial charge < -0.3 is 19.7 Å². The second-order valence-electron chi connectivity index (χ2n) is 6.92. The predicted molar refractivity (Wildman–Crippen MR) is 121 cm³/mol. The van der Waals surface area contributed by atoms with Crippen LogP contribution in [0.25, 0.3) is 0 Å². The molecule has 166 valence electrons. The molecule has 1 atom stereocenters. The van der Waals surface area contributed by atoms with E-state index in [1.807, 2.05) is 13.0 Å². The third-order valence-electron chi connectivity index (χ3n) is 4.68. The largest absolute Gasteiger partial charge is 0.494 e. The Morgan fingerprint density at radius 2 is 1.97 bits per heavy atom. The van der Waals surface area contributed by atoms with Gasteiger partial charge in [-0.05, 0) is 56.3 Å². The second-order valence-corrected chi connectivity index (χ2v) is 8.30. The van der Waals surface area contributed by atoms with Crippen molar-refractivity contribution in [1.82, 2.24) is 0 Å². The summed E-state index contributed by atoms with van der Waals surface area (Å²) in [5.41, 5.74) is 1.35. The molecule has 0 aliphatic carbocycles. The van der Waals surface area contributed by atoms with E-state index in [1.54, 1.807) is 49.4 Å². The van der Waals surface area contributed by atoms with E-state index in [2.05, 4.69) is 5.32 Å². The van der Waals surface area contributed by atoms with E-state index < -0.39 is 18.5 Å². The molecule has 0 bridgehead atoms. The number of anilines is 2. The Kier molecular flexibility index (Phi) is 7.73. The summed E-state index contributed by atoms with van der Waals surface area (Å²) in [4.78, 5) is 39.4. The highest BCUT2D eigenvalue weighted by Gasteiger charge is 2.24. The number of esters is 1. The Morgan fingerprint density at radius 3 is 2.66 bits per heavy atom. The molecular weight excluding hydrogens is 430 g/mol. The summed E-state index contributed by atoms with van der Waals surface area (Å²) in [7, 11) is 0. The summed E-state index contributed by atoms with van der Waals surface area (Å²) in [5.74, 6) is -0.589. The number of thioether (sulfide) groups is 1. The van der Waals surface area contributed by atoms with Gasteiger partial charge in [-0.25, -0.2) is 4.79 Å². The fraction of sp³-hybridized carbons (Fsp3) is 0.304. The molecule has 3 rings (SSSR count). The van der Waals surface area contributed by atoms with Crippen molar-refractivity contribution in [1.29, 1.82) is 5.26 Å². The number of carbonyl (C=O) groups is 3. The molecule has 0 aromatic heterocycles. The molecular formula is C23H23N3O5S. The van der Waals surface area contributed by atoms with Crippen molar-refractivity contribution in [2.24, 2.45) is 0 Å². The van der Waals surface area contributed by atoms with Crippen LogP contribution in [-0.2, 0) is 14.3 Å². The van der Waals surface area contributed by atoms with Crippen LogP contribution in [0.5, 0.6) is 5.75 Å². The summed E-state index contributed by atoms with van der Waals surface area (Å²) in [5, 5.41) is 11.5. The van der Waals surface area contributed by atoms with Crippen LogP contribution in [0.15, 0.2) is 47.4 Å². The molecule has 1 N–H and O–H groups in total. The molecule has 1 heterocycles. The standard InChI is InChI=1S/C23H23N3O5S/c1-3-30-18-8-6-17(7-9-18)26(12-4-11-24)21(27)14-31-23(29)16-5-10-20-19(13-16)25-22(28)15(2)32-20/h5-10,13,15H,3-4,12,14H2,1-2H3,(H,25,28). The van der Waals surface area contributed by atoms with Crippen LogP contribution in [0.4, 0.5) is 11.4 Å². The third kappa shape index (κ3) is 5.59. The van der Waals surface area contributed by atoms with E-state index >= 15 is 0 Å². The number of nitrogens with zero attached hydrogens (tertiary/aromatic N) is 2. The average Bonchev–Trinajstić information content (AvgIpc) is 2.79. The van der Waals surface area contributed by atoms with E-state index in [-0.39, 0.29) is 29.7 Å². The highest BCUT2D eigenvalue weighted by molar-refractivity contribution is 8.00. The molecule has 32 heavy (non-hydrogen) atoms. The van der Waals surface area contributed by atoms with Crippen molar-refractivity contribution in [3.63, 3.8) is 0 Å². The predicted octanol–water partition coefficient (Wildman–Crippen LogP) is 3.62. The molecule has 2 aromatic rings. The first-order valence-corrected chi connectivity index (χ1v) is 11.0. The van der Waals surface area contributed by atoms with Crippen molar-refractivity contribution in [2.45, 2.75) is 30.4 Å². The first-order valence-electron chi connectivity index (χ1n) is 10.1. The number of rotatable bonds is 8. The quantitative estimate of drug-likeness (QED) is 0.608. The Morgan fingerprint density at radius 1 is 1.22 bits per heavy atom. The van der Waals surface area contributed by atoms with Crippen LogP contribution in [0.3, 0.4) is 0 Å². The van der Waals surface area contributed by atoms with E-state index in [0.717, 1.165) is 4.90 Å². The van der Waals surface area contributed by atoms with Crippen molar-refractivity contribution in [3.05, 3.63) is 48.0 Å². The number of hydrogen-bond acceptors (Lipinski definition) is 7. The molecule has 0 saturated carbocycles.